The van der Waals surface area contributed by atoms with Crippen molar-refractivity contribution < 1.29 is 14.1 Å². The van der Waals surface area contributed by atoms with Gasteiger partial charge in [0.05, 0.1) is 0 Å². The molecule has 0 aliphatic heterocycles. The zero-order chi connectivity index (χ0) is 18.5. The van der Waals surface area contributed by atoms with Crippen LogP contribution in [0.3, 0.4) is 0 Å². The van der Waals surface area contributed by atoms with E-state index in [1.165, 1.54) is 11.8 Å². The number of H-pyrrole nitrogens is 1. The fraction of sp³-hybridized carbons (Fsp3) is 0.300. The first-order valence-corrected chi connectivity index (χ1v) is 10.1. The van der Waals surface area contributed by atoms with Gasteiger partial charge >= 0.3 is 5.97 Å². The number of rotatable bonds is 5. The van der Waals surface area contributed by atoms with Crippen LogP contribution in [0.25, 0.3) is 10.9 Å². The van der Waals surface area contributed by atoms with E-state index in [2.05, 4.69) is 16.9 Å². The molecule has 3 aromatic rings. The smallest absolute Gasteiger partial charge is 0.354 e. The number of nitrogens with one attached hydrogen (secondary N) is 1. The molecule has 4 rings (SSSR count). The number of carbonyl (C=O) groups is 1. The van der Waals surface area contributed by atoms with E-state index in [4.69, 9.17) is 0 Å². The van der Waals surface area contributed by atoms with E-state index in [9.17, 15) is 14.1 Å². The molecule has 1 unspecified atom stereocenters. The van der Waals surface area contributed by atoms with Crippen molar-refractivity contribution >= 4 is 27.7 Å². The molecular weight excluding hydrogens is 348 g/mol. The minimum Gasteiger partial charge on any atom is -0.477 e. The van der Waals surface area contributed by atoms with Crippen molar-refractivity contribution in [2.24, 2.45) is 0 Å². The number of aromatic carboxylic acids is 1. The average Bonchev–Trinajstić information content (AvgIpc) is 3.26. The Morgan fingerprint density at radius 3 is 2.73 bits per heavy atom. The van der Waals surface area contributed by atoms with Crippen LogP contribution >= 0.6 is 0 Å². The minimum atomic E-state index is -1.03. The zero-order valence-corrected chi connectivity index (χ0v) is 15.5. The lowest BCUT2D eigenvalue weighted by molar-refractivity contribution is 0.0690. The van der Waals surface area contributed by atoms with E-state index in [-0.39, 0.29) is 11.1 Å². The molecule has 0 amide bonds. The summed E-state index contributed by atoms with van der Waals surface area (Å²) in [4.78, 5) is 19.8. The maximum Gasteiger partial charge on any atom is 0.354 e. The van der Waals surface area contributed by atoms with Crippen molar-refractivity contribution in [1.29, 1.82) is 0 Å². The summed E-state index contributed by atoms with van der Waals surface area (Å²) < 4.78 is 11.8. The highest BCUT2D eigenvalue weighted by atomic mass is 32.2. The molecule has 0 bridgehead atoms. The van der Waals surface area contributed by atoms with E-state index in [1.54, 1.807) is 12.3 Å². The van der Waals surface area contributed by atoms with Gasteiger partial charge in [0.25, 0.3) is 0 Å². The SMILES string of the molecule is CS(=O)c1ccc2c(Cc3cccc(C(=O)O)n3)c(C3(C)CC3)[nH]c2c1. The lowest BCUT2D eigenvalue weighted by atomic mass is 9.96. The van der Waals surface area contributed by atoms with Gasteiger partial charge < -0.3 is 10.1 Å². The Morgan fingerprint density at radius 1 is 1.31 bits per heavy atom. The molecule has 134 valence electrons. The van der Waals surface area contributed by atoms with E-state index in [0.29, 0.717) is 6.42 Å². The first kappa shape index (κ1) is 17.0. The van der Waals surface area contributed by atoms with E-state index < -0.39 is 16.8 Å². The molecule has 1 aromatic carbocycles. The predicted molar refractivity (Wildman–Crippen MR) is 101 cm³/mol. The molecular formula is C20H20N2O3S. The first-order chi connectivity index (χ1) is 12.4. The number of hydrogen-bond acceptors (Lipinski definition) is 3. The van der Waals surface area contributed by atoms with Crippen LogP contribution in [0.4, 0.5) is 0 Å². The Bertz CT molecular complexity index is 1050. The lowest BCUT2D eigenvalue weighted by Gasteiger charge is -2.11. The Balaban J connectivity index is 1.83. The third-order valence-electron chi connectivity index (χ3n) is 5.20. The minimum absolute atomic E-state index is 0.0604. The van der Waals surface area contributed by atoms with Gasteiger partial charge in [-0.2, -0.15) is 0 Å². The average molecular weight is 368 g/mol. The van der Waals surface area contributed by atoms with Crippen molar-refractivity contribution in [3.63, 3.8) is 0 Å². The van der Waals surface area contributed by atoms with Crippen molar-refractivity contribution in [3.05, 3.63) is 59.0 Å². The van der Waals surface area contributed by atoms with Crippen molar-refractivity contribution in [1.82, 2.24) is 9.97 Å². The monoisotopic (exact) mass is 368 g/mol. The summed E-state index contributed by atoms with van der Waals surface area (Å²) in [5, 5.41) is 10.3. The quantitative estimate of drug-likeness (QED) is 0.720. The second kappa shape index (κ2) is 6.06. The molecule has 2 heterocycles. The Hall–Kier alpha value is -2.47. The summed E-state index contributed by atoms with van der Waals surface area (Å²) in [6, 6.07) is 11.0. The fourth-order valence-electron chi connectivity index (χ4n) is 3.43. The summed E-state index contributed by atoms with van der Waals surface area (Å²) >= 11 is 0. The molecule has 1 atom stereocenters. The Labute approximate surface area is 153 Å². The van der Waals surface area contributed by atoms with Crippen molar-refractivity contribution in [2.45, 2.75) is 36.5 Å². The molecule has 1 saturated carbocycles. The van der Waals surface area contributed by atoms with Crippen LogP contribution in [0.5, 0.6) is 0 Å². The topological polar surface area (TPSA) is 83.1 Å². The molecule has 0 radical (unpaired) electrons. The van der Waals surface area contributed by atoms with Crippen LogP contribution in [0.15, 0.2) is 41.3 Å². The van der Waals surface area contributed by atoms with Gasteiger partial charge in [-0.1, -0.05) is 19.1 Å². The maximum atomic E-state index is 11.8. The fourth-order valence-corrected chi connectivity index (χ4v) is 3.97. The van der Waals surface area contributed by atoms with Crippen LogP contribution in [0.2, 0.25) is 0 Å². The predicted octanol–water partition coefficient (Wildman–Crippen LogP) is 3.64. The number of aromatic nitrogens is 2. The van der Waals surface area contributed by atoms with Gasteiger partial charge in [0.1, 0.15) is 5.69 Å². The molecule has 6 heteroatoms. The normalized spacial score (nSPS) is 16.5. The number of benzene rings is 1. The molecule has 1 fully saturated rings. The number of pyridine rings is 1. The summed E-state index contributed by atoms with van der Waals surface area (Å²) in [7, 11) is -1.03. The molecule has 2 N–H and O–H groups in total. The van der Waals surface area contributed by atoms with E-state index >= 15 is 0 Å². The number of aromatic amines is 1. The summed E-state index contributed by atoms with van der Waals surface area (Å²) in [6.45, 7) is 2.24. The van der Waals surface area contributed by atoms with E-state index in [1.807, 2.05) is 24.3 Å². The lowest BCUT2D eigenvalue weighted by Crippen LogP contribution is -2.07. The third-order valence-corrected chi connectivity index (χ3v) is 6.11. The van der Waals surface area contributed by atoms with Crippen LogP contribution in [0.1, 0.15) is 47.2 Å². The van der Waals surface area contributed by atoms with Crippen molar-refractivity contribution in [2.75, 3.05) is 6.26 Å². The standard InChI is InChI=1S/C20H20N2O3S/c1-20(8-9-20)18-15(10-12-4-3-5-16(21-12)19(23)24)14-7-6-13(26(2)25)11-17(14)22-18/h3-7,11,22H,8-10H2,1-2H3,(H,23,24). The van der Waals surface area contributed by atoms with Crippen LogP contribution in [-0.2, 0) is 22.6 Å². The van der Waals surface area contributed by atoms with Gasteiger partial charge in [-0.25, -0.2) is 9.78 Å². The largest absolute Gasteiger partial charge is 0.477 e. The number of fused-ring (bicyclic) bond motifs is 1. The van der Waals surface area contributed by atoms with Crippen molar-refractivity contribution in [3.8, 4) is 0 Å². The van der Waals surface area contributed by atoms with Gasteiger partial charge in [-0.3, -0.25) is 4.21 Å². The van der Waals surface area contributed by atoms with Crippen LogP contribution in [0, 0.1) is 0 Å². The molecule has 5 nitrogen and oxygen atoms in total. The Morgan fingerprint density at radius 2 is 2.08 bits per heavy atom. The highest BCUT2D eigenvalue weighted by Crippen LogP contribution is 2.50. The third kappa shape index (κ3) is 2.94. The maximum absolute atomic E-state index is 11.8. The van der Waals surface area contributed by atoms with Crippen LogP contribution < -0.4 is 0 Å². The number of nitrogens with zero attached hydrogens (tertiary/aromatic N) is 1. The highest BCUT2D eigenvalue weighted by Gasteiger charge is 2.42. The van der Waals surface area contributed by atoms with Gasteiger partial charge in [-0.15, -0.1) is 0 Å². The molecule has 0 saturated heterocycles. The first-order valence-electron chi connectivity index (χ1n) is 8.55. The Kier molecular flexibility index (Phi) is 3.95. The molecule has 0 spiro atoms. The highest BCUT2D eigenvalue weighted by molar-refractivity contribution is 7.84. The number of carboxylic acid groups (broad SMARTS) is 1. The van der Waals surface area contributed by atoms with E-state index in [0.717, 1.165) is 39.9 Å². The number of hydrogen-bond donors (Lipinski definition) is 2. The zero-order valence-electron chi connectivity index (χ0n) is 14.7. The summed E-state index contributed by atoms with van der Waals surface area (Å²) in [5.41, 5.74) is 4.25. The molecule has 2 aromatic heterocycles. The van der Waals surface area contributed by atoms with Gasteiger partial charge in [0.2, 0.25) is 0 Å². The number of carboxylic acids is 1. The summed E-state index contributed by atoms with van der Waals surface area (Å²) in [5.74, 6) is -1.02. The second-order valence-electron chi connectivity index (χ2n) is 7.20. The van der Waals surface area contributed by atoms with Gasteiger partial charge in [0, 0.05) is 56.1 Å². The van der Waals surface area contributed by atoms with Crippen LogP contribution in [-0.4, -0.2) is 31.5 Å². The molecule has 1 aliphatic rings. The second-order valence-corrected chi connectivity index (χ2v) is 8.58. The molecule has 26 heavy (non-hydrogen) atoms. The van der Waals surface area contributed by atoms with Gasteiger partial charge in [0.15, 0.2) is 0 Å². The summed E-state index contributed by atoms with van der Waals surface area (Å²) in [6.07, 6.45) is 4.50. The molecule has 1 aliphatic carbocycles. The van der Waals surface area contributed by atoms with Gasteiger partial charge in [-0.05, 0) is 42.7 Å².